The number of H-pyrrole nitrogens is 1. The fourth-order valence-corrected chi connectivity index (χ4v) is 4.77. The summed E-state index contributed by atoms with van der Waals surface area (Å²) in [6.45, 7) is 3.25. The van der Waals surface area contributed by atoms with Crippen LogP contribution in [-0.4, -0.2) is 31.6 Å². The van der Waals surface area contributed by atoms with Gasteiger partial charge in [-0.25, -0.2) is 4.68 Å². The third kappa shape index (κ3) is 3.69. The molecular weight excluding hydrogens is 443 g/mol. The Kier molecular flexibility index (Phi) is 5.41. The molecular formula is C20H20Cl2N6OS. The maximum absolute atomic E-state index is 6.50. The smallest absolute Gasteiger partial charge is 0.205 e. The van der Waals surface area contributed by atoms with Gasteiger partial charge in [-0.05, 0) is 32.3 Å². The number of hydrogen-bond donors (Lipinski definition) is 2. The molecule has 1 saturated heterocycles. The zero-order chi connectivity index (χ0) is 20.7. The van der Waals surface area contributed by atoms with Gasteiger partial charge in [-0.15, -0.1) is 10.2 Å². The highest BCUT2D eigenvalue weighted by Gasteiger charge is 2.21. The Balaban J connectivity index is 1.55. The first-order valence-electron chi connectivity index (χ1n) is 9.79. The lowest BCUT2D eigenvalue weighted by Crippen LogP contribution is -2.18. The van der Waals surface area contributed by atoms with Crippen LogP contribution in [0.4, 0.5) is 5.13 Å². The maximum Gasteiger partial charge on any atom is 0.205 e. The second-order valence-electron chi connectivity index (χ2n) is 7.27. The van der Waals surface area contributed by atoms with Gasteiger partial charge >= 0.3 is 0 Å². The molecule has 5 rings (SSSR count). The van der Waals surface area contributed by atoms with E-state index in [0.29, 0.717) is 16.6 Å². The first-order valence-corrected chi connectivity index (χ1v) is 11.4. The van der Waals surface area contributed by atoms with Gasteiger partial charge in [0.05, 0.1) is 28.3 Å². The van der Waals surface area contributed by atoms with Gasteiger partial charge in [-0.1, -0.05) is 40.6 Å². The molecule has 1 aliphatic heterocycles. The van der Waals surface area contributed by atoms with E-state index in [1.165, 1.54) is 11.3 Å². The van der Waals surface area contributed by atoms with E-state index in [1.807, 2.05) is 36.1 Å². The van der Waals surface area contributed by atoms with Crippen molar-refractivity contribution in [2.45, 2.75) is 39.0 Å². The summed E-state index contributed by atoms with van der Waals surface area (Å²) in [4.78, 5) is 3.45. The molecule has 0 amide bonds. The van der Waals surface area contributed by atoms with Crippen LogP contribution in [0.25, 0.3) is 22.0 Å². The normalized spacial score (nSPS) is 17.0. The van der Waals surface area contributed by atoms with Gasteiger partial charge in [0.25, 0.3) is 0 Å². The number of aromatic nitrogens is 5. The Morgan fingerprint density at radius 1 is 1.30 bits per heavy atom. The SMILES string of the molecule is Cc1nnc(NCc2[nH]c3c(Cl)c(Cl)ccc3c2-c2cnn(C3CCCCO3)c2)s1. The van der Waals surface area contributed by atoms with Crippen LogP contribution in [0.3, 0.4) is 0 Å². The average Bonchev–Trinajstić information content (AvgIpc) is 3.48. The van der Waals surface area contributed by atoms with Crippen molar-refractivity contribution in [1.82, 2.24) is 25.0 Å². The molecule has 30 heavy (non-hydrogen) atoms. The number of rotatable bonds is 5. The molecule has 156 valence electrons. The van der Waals surface area contributed by atoms with Gasteiger partial charge < -0.3 is 15.0 Å². The highest BCUT2D eigenvalue weighted by Crippen LogP contribution is 2.39. The standard InChI is InChI=1S/C20H20Cl2N6OS/c1-11-26-27-20(30-11)23-9-15-17(13-5-6-14(21)18(22)19(13)25-15)12-8-24-28(10-12)16-4-2-3-7-29-16/h5-6,8,10,16,25H,2-4,7,9H2,1H3,(H,23,27). The van der Waals surface area contributed by atoms with E-state index < -0.39 is 0 Å². The summed E-state index contributed by atoms with van der Waals surface area (Å²) in [5, 5.41) is 19.8. The highest BCUT2D eigenvalue weighted by molar-refractivity contribution is 7.15. The molecule has 10 heteroatoms. The van der Waals surface area contributed by atoms with Crippen LogP contribution in [-0.2, 0) is 11.3 Å². The second-order valence-corrected chi connectivity index (χ2v) is 9.24. The highest BCUT2D eigenvalue weighted by atomic mass is 35.5. The van der Waals surface area contributed by atoms with Crippen molar-refractivity contribution < 1.29 is 4.74 Å². The molecule has 1 fully saturated rings. The lowest BCUT2D eigenvalue weighted by atomic mass is 10.1. The molecule has 1 atom stereocenters. The van der Waals surface area contributed by atoms with Crippen LogP contribution in [0.1, 0.15) is 36.2 Å². The number of benzene rings is 1. The summed E-state index contributed by atoms with van der Waals surface area (Å²) >= 11 is 14.3. The minimum Gasteiger partial charge on any atom is -0.357 e. The molecule has 0 radical (unpaired) electrons. The Hall–Kier alpha value is -2.13. The van der Waals surface area contributed by atoms with E-state index in [9.17, 15) is 0 Å². The molecule has 1 aromatic carbocycles. The first kappa shape index (κ1) is 19.8. The number of aromatic amines is 1. The maximum atomic E-state index is 6.50. The lowest BCUT2D eigenvalue weighted by Gasteiger charge is -2.22. The molecule has 0 spiro atoms. The Morgan fingerprint density at radius 3 is 2.97 bits per heavy atom. The minimum absolute atomic E-state index is 0.0123. The van der Waals surface area contributed by atoms with Crippen LogP contribution >= 0.6 is 34.5 Å². The predicted octanol–water partition coefficient (Wildman–Crippen LogP) is 5.81. The minimum atomic E-state index is -0.0123. The topological polar surface area (TPSA) is 80.7 Å². The largest absolute Gasteiger partial charge is 0.357 e. The predicted molar refractivity (Wildman–Crippen MR) is 120 cm³/mol. The van der Waals surface area contributed by atoms with Crippen LogP contribution < -0.4 is 5.32 Å². The Labute approximate surface area is 187 Å². The third-order valence-electron chi connectivity index (χ3n) is 5.23. The zero-order valence-corrected chi connectivity index (χ0v) is 18.6. The van der Waals surface area contributed by atoms with Crippen molar-refractivity contribution in [1.29, 1.82) is 0 Å². The number of hydrogen-bond acceptors (Lipinski definition) is 6. The molecule has 3 aromatic heterocycles. The van der Waals surface area contributed by atoms with Crippen LogP contribution in [0.2, 0.25) is 10.0 Å². The van der Waals surface area contributed by atoms with E-state index in [2.05, 4.69) is 25.6 Å². The number of halogens is 2. The van der Waals surface area contributed by atoms with Crippen molar-refractivity contribution in [2.75, 3.05) is 11.9 Å². The van der Waals surface area contributed by atoms with E-state index in [-0.39, 0.29) is 6.23 Å². The number of fused-ring (bicyclic) bond motifs is 1. The lowest BCUT2D eigenvalue weighted by molar-refractivity contribution is -0.0394. The van der Waals surface area contributed by atoms with E-state index >= 15 is 0 Å². The first-order chi connectivity index (χ1) is 14.6. The fourth-order valence-electron chi connectivity index (χ4n) is 3.81. The molecule has 0 saturated carbocycles. The van der Waals surface area contributed by atoms with Crippen molar-refractivity contribution in [2.24, 2.45) is 0 Å². The summed E-state index contributed by atoms with van der Waals surface area (Å²) < 4.78 is 7.80. The van der Waals surface area contributed by atoms with Crippen LogP contribution in [0.5, 0.6) is 0 Å². The van der Waals surface area contributed by atoms with Crippen molar-refractivity contribution in [3.05, 3.63) is 45.3 Å². The van der Waals surface area contributed by atoms with Gasteiger partial charge in [0.2, 0.25) is 5.13 Å². The van der Waals surface area contributed by atoms with Crippen molar-refractivity contribution in [3.8, 4) is 11.1 Å². The molecule has 1 aliphatic rings. The third-order valence-corrected chi connectivity index (χ3v) is 6.83. The number of nitrogens with zero attached hydrogens (tertiary/aromatic N) is 4. The van der Waals surface area contributed by atoms with E-state index in [0.717, 1.165) is 63.7 Å². The monoisotopic (exact) mass is 462 g/mol. The fraction of sp³-hybridized carbons (Fsp3) is 0.350. The van der Waals surface area contributed by atoms with E-state index in [4.69, 9.17) is 27.9 Å². The van der Waals surface area contributed by atoms with Crippen LogP contribution in [0, 0.1) is 6.92 Å². The number of anilines is 1. The molecule has 0 aliphatic carbocycles. The average molecular weight is 463 g/mol. The second kappa shape index (κ2) is 8.19. The zero-order valence-electron chi connectivity index (χ0n) is 16.3. The summed E-state index contributed by atoms with van der Waals surface area (Å²) in [5.74, 6) is 0. The van der Waals surface area contributed by atoms with Crippen molar-refractivity contribution in [3.63, 3.8) is 0 Å². The molecule has 2 N–H and O–H groups in total. The molecule has 1 unspecified atom stereocenters. The molecule has 4 heterocycles. The van der Waals surface area contributed by atoms with Gasteiger partial charge in [0.15, 0.2) is 0 Å². The summed E-state index contributed by atoms with van der Waals surface area (Å²) in [5.41, 5.74) is 3.83. The van der Waals surface area contributed by atoms with Crippen LogP contribution in [0.15, 0.2) is 24.5 Å². The van der Waals surface area contributed by atoms with Crippen molar-refractivity contribution >= 4 is 50.6 Å². The quantitative estimate of drug-likeness (QED) is 0.391. The number of nitrogens with one attached hydrogen (secondary N) is 2. The number of ether oxygens (including phenoxy) is 1. The summed E-state index contributed by atoms with van der Waals surface area (Å²) in [6.07, 6.45) is 7.13. The van der Waals surface area contributed by atoms with Gasteiger partial charge in [-0.2, -0.15) is 5.10 Å². The van der Waals surface area contributed by atoms with E-state index in [1.54, 1.807) is 0 Å². The molecule has 7 nitrogen and oxygen atoms in total. The molecule has 4 aromatic rings. The summed E-state index contributed by atoms with van der Waals surface area (Å²) in [7, 11) is 0. The van der Waals surface area contributed by atoms with Gasteiger partial charge in [0, 0.05) is 35.0 Å². The number of aryl methyl sites for hydroxylation is 1. The van der Waals surface area contributed by atoms with Gasteiger partial charge in [0.1, 0.15) is 11.2 Å². The Morgan fingerprint density at radius 2 is 2.20 bits per heavy atom. The Bertz CT molecular complexity index is 1190. The van der Waals surface area contributed by atoms with Gasteiger partial charge in [-0.3, -0.25) is 0 Å². The summed E-state index contributed by atoms with van der Waals surface area (Å²) in [6, 6.07) is 3.81. The molecule has 0 bridgehead atoms.